The highest BCUT2D eigenvalue weighted by molar-refractivity contribution is 7.80. The van der Waals surface area contributed by atoms with Gasteiger partial charge >= 0.3 is 0 Å². The zero-order valence-corrected chi connectivity index (χ0v) is 68.3. The third-order valence-electron chi connectivity index (χ3n) is 17.6. The normalized spacial score (nSPS) is 14.3. The molecule has 0 radical (unpaired) electrons. The topological polar surface area (TPSA) is 521 Å². The third kappa shape index (κ3) is 38.1. The summed E-state index contributed by atoms with van der Waals surface area (Å²) >= 11 is 8.27. The van der Waals surface area contributed by atoms with E-state index >= 15 is 14.4 Å². The Morgan fingerprint density at radius 2 is 0.701 bits per heavy atom. The van der Waals surface area contributed by atoms with Crippen molar-refractivity contribution in [2.75, 3.05) is 45.3 Å². The lowest BCUT2D eigenvalue weighted by Crippen LogP contribution is -2.63. The number of aliphatic hydroxyl groups excluding tert-OH is 3. The van der Waals surface area contributed by atoms with Crippen molar-refractivity contribution in [3.8, 4) is 0 Å². The molecule has 0 aliphatic rings. The summed E-state index contributed by atoms with van der Waals surface area (Å²) < 4.78 is 0. The van der Waals surface area contributed by atoms with Crippen LogP contribution in [0.5, 0.6) is 0 Å². The van der Waals surface area contributed by atoms with Crippen LogP contribution < -0.4 is 81.0 Å². The number of amides is 11. The number of unbranched alkanes of at least 4 members (excludes halogenated alkanes) is 2. The van der Waals surface area contributed by atoms with Crippen LogP contribution in [-0.2, 0) is 88.0 Å². The Morgan fingerprint density at radius 1 is 0.402 bits per heavy atom. The molecule has 32 nitrogen and oxygen atoms in total. The highest BCUT2D eigenvalue weighted by Gasteiger charge is 2.40. The molecule has 1 heterocycles. The van der Waals surface area contributed by atoms with E-state index in [9.17, 15) is 63.3 Å². The van der Waals surface area contributed by atoms with Crippen LogP contribution in [0.15, 0.2) is 121 Å². The number of H-pyrrole nitrogens is 1. The molecule has 11 amide bonds. The van der Waals surface area contributed by atoms with Crippen LogP contribution in [0.1, 0.15) is 144 Å². The number of rotatable bonds is 48. The Morgan fingerprint density at radius 3 is 1.06 bits per heavy atom. The second kappa shape index (κ2) is 58.2. The molecular formula is C83H132N16O16S2. The summed E-state index contributed by atoms with van der Waals surface area (Å²) in [7, 11) is 2.93. The second-order valence-electron chi connectivity index (χ2n) is 28.2. The summed E-state index contributed by atoms with van der Waals surface area (Å²) in [6, 6.07) is 14.0. The molecule has 0 fully saturated rings. The minimum Gasteiger partial charge on any atom is -0.394 e. The lowest BCUT2D eigenvalue weighted by molar-refractivity contribution is -0.141. The van der Waals surface area contributed by atoms with Gasteiger partial charge in [-0.25, -0.2) is 0 Å². The number of para-hydroxylation sites is 1. The first-order chi connectivity index (χ1) is 54.3. The summed E-state index contributed by atoms with van der Waals surface area (Å²) in [4.78, 5) is 187. The summed E-state index contributed by atoms with van der Waals surface area (Å²) in [6.45, 7) is 12.4. The monoisotopic (exact) mass is 1670 g/mol. The van der Waals surface area contributed by atoms with Gasteiger partial charge in [-0.1, -0.05) is 173 Å². The number of ketones is 2. The van der Waals surface area contributed by atoms with Crippen molar-refractivity contribution in [2.24, 2.45) is 23.1 Å². The minimum absolute atomic E-state index is 0. The van der Waals surface area contributed by atoms with E-state index in [1.807, 2.05) is 0 Å². The van der Waals surface area contributed by atoms with Crippen LogP contribution >= 0.6 is 25.3 Å². The number of aromatic nitrogens is 1. The lowest BCUT2D eigenvalue weighted by Gasteiger charge is -2.29. The molecule has 0 spiro atoms. The number of aliphatic hydroxyl groups is 3. The zero-order chi connectivity index (χ0) is 85.0. The van der Waals surface area contributed by atoms with E-state index < -0.39 is 174 Å². The Balaban J connectivity index is 0.0000129. The first-order valence-corrected chi connectivity index (χ1v) is 39.6. The Kier molecular flexibility index (Phi) is 53.4. The van der Waals surface area contributed by atoms with Crippen molar-refractivity contribution in [1.29, 1.82) is 0 Å². The summed E-state index contributed by atoms with van der Waals surface area (Å²) in [5, 5.41) is 63.9. The molecule has 117 heavy (non-hydrogen) atoms. The van der Waals surface area contributed by atoms with Gasteiger partial charge in [-0.05, 0) is 114 Å². The average Bonchev–Trinajstić information content (AvgIpc) is 1.74. The van der Waals surface area contributed by atoms with Crippen LogP contribution in [0.2, 0.25) is 0 Å². The first kappa shape index (κ1) is 107. The van der Waals surface area contributed by atoms with E-state index in [0.717, 1.165) is 12.8 Å². The van der Waals surface area contributed by atoms with Gasteiger partial charge in [0.2, 0.25) is 76.5 Å². The number of nitrogens with one attached hydrogen (secondary N) is 13. The van der Waals surface area contributed by atoms with Crippen LogP contribution in [0.25, 0.3) is 10.9 Å². The second-order valence-corrected chi connectivity index (χ2v) is 28.9. The van der Waals surface area contributed by atoms with Crippen molar-refractivity contribution in [2.45, 2.75) is 233 Å². The number of nitrogens with two attached hydrogens (primary N) is 3. The number of hydrogen-bond donors (Lipinski definition) is 21. The number of carbonyl (C=O) groups is 13. The van der Waals surface area contributed by atoms with Crippen molar-refractivity contribution < 1.29 is 77.6 Å². The van der Waals surface area contributed by atoms with Crippen LogP contribution in [0, 0.1) is 5.92 Å². The van der Waals surface area contributed by atoms with E-state index in [-0.39, 0.29) is 91.8 Å². The Bertz CT molecular complexity index is 3830. The van der Waals surface area contributed by atoms with Gasteiger partial charge in [-0.2, -0.15) is 25.3 Å². The Labute approximate surface area is 700 Å². The van der Waals surface area contributed by atoms with E-state index in [1.54, 1.807) is 121 Å². The maximum absolute atomic E-state index is 15.3. The van der Waals surface area contributed by atoms with Gasteiger partial charge in [0.25, 0.3) is 0 Å². The fourth-order valence-corrected chi connectivity index (χ4v) is 12.2. The molecular weight excluding hydrogens is 1540 g/mol. The van der Waals surface area contributed by atoms with Gasteiger partial charge in [0, 0.05) is 54.3 Å². The molecule has 14 atom stereocenters. The van der Waals surface area contributed by atoms with Crippen LogP contribution in [-0.4, -0.2) is 227 Å². The number of Topliss-reactive ketones (excluding diaryl/α,β-unsaturated/α-hetero) is 2. The van der Waals surface area contributed by atoms with Crippen molar-refractivity contribution in [3.05, 3.63) is 144 Å². The van der Waals surface area contributed by atoms with Gasteiger partial charge in [0.05, 0.1) is 37.3 Å². The fourth-order valence-electron chi connectivity index (χ4n) is 11.5. The molecule has 1 aromatic heterocycles. The number of aromatic amines is 1. The number of hydrogen-bond acceptors (Lipinski definition) is 22. The van der Waals surface area contributed by atoms with E-state index in [2.05, 4.69) is 129 Å². The maximum Gasteiger partial charge on any atom is 0.245 e. The van der Waals surface area contributed by atoms with E-state index in [0.29, 0.717) is 52.4 Å². The highest BCUT2D eigenvalue weighted by Crippen LogP contribution is 2.21. The largest absolute Gasteiger partial charge is 0.394 e. The molecule has 0 saturated heterocycles. The SMILES string of the molecule is C.C.C.CC(C)C.CCC.CN[C@@H](CS)C(=O)NC(CCCCN)C(=O)N[C@@H](CC(N)=O)C(=O)NC(Cc1ccccc1)C(=O)N[C@@H](Cc1ccccc1)C(=O)NC(Cc1c[nH]c2ccccc12)C(=O)N[C@@H](CCCCN)C(=O)N[C@H](C(=O)N[C@@H](Cc1ccccc1)C(=O)N[C@H](C(=O)N[C@@H](CO)C(=O)C(=O)[C@H](CS)NC)[C@@H](C)O)[C@@H](C)O. The molecule has 652 valence electrons. The number of carbonyl (C=O) groups excluding carboxylic acids is 13. The van der Waals surface area contributed by atoms with E-state index in [1.165, 1.54) is 27.4 Å². The number of thiol groups is 2. The molecule has 34 heteroatoms. The Hall–Kier alpha value is -9.65. The zero-order valence-electron chi connectivity index (χ0n) is 66.5. The minimum atomic E-state index is -1.88. The molecule has 4 aromatic carbocycles. The number of fused-ring (bicyclic) bond motifs is 1. The van der Waals surface area contributed by atoms with Gasteiger partial charge in [0.1, 0.15) is 60.4 Å². The molecule has 22 N–H and O–H groups in total. The quantitative estimate of drug-likeness (QED) is 0.0148. The van der Waals surface area contributed by atoms with Crippen molar-refractivity contribution >= 4 is 113 Å². The lowest BCUT2D eigenvalue weighted by atomic mass is 10.00. The van der Waals surface area contributed by atoms with Crippen LogP contribution in [0.3, 0.4) is 0 Å². The first-order valence-electron chi connectivity index (χ1n) is 38.4. The van der Waals surface area contributed by atoms with Gasteiger partial charge in [-0.15, -0.1) is 0 Å². The van der Waals surface area contributed by atoms with Crippen molar-refractivity contribution in [1.82, 2.24) is 68.8 Å². The number of primary amides is 1. The summed E-state index contributed by atoms with van der Waals surface area (Å²) in [6.07, 6.45) is -0.901. The molecule has 3 unspecified atom stereocenters. The maximum atomic E-state index is 15.3. The van der Waals surface area contributed by atoms with E-state index in [4.69, 9.17) is 17.2 Å². The number of likely N-dealkylation sites (N-methyl/N-ethyl adjacent to an activating group) is 2. The molecule has 0 bridgehead atoms. The summed E-state index contributed by atoms with van der Waals surface area (Å²) in [5.74, 6) is -12.2. The number of benzene rings is 4. The molecule has 0 saturated carbocycles. The summed E-state index contributed by atoms with van der Waals surface area (Å²) in [5.41, 5.74) is 20.0. The highest BCUT2D eigenvalue weighted by atomic mass is 32.1. The standard InChI is InChI=1S/C73H102N16O16S2.C4H10.C3H8.3CH4/c1-41(91)60(72(104)86-53(34-45-24-12-7-13-25-45)70(102)89-61(42(2)92)73(105)87-56(38-90)62(94)63(95)57(39-106)77-3)88-65(97)50(29-17-19-31-75)80-68(100)54(35-46-37-79-48-27-15-14-26-47(46)48)84-67(99)52(33-44-22-10-6-11-23-44)82-66(98)51(32-43-20-8-5-9-21-43)83-69(101)55(36-59(76)93)85-64(96)49(28-16-18-30-74)81-71(103)58(40-107)78-4;1-4(2)3;1-3-2;;;/h5-15,20-27,37,41-42,49-58,60-61,77-79,90-92,106-107H,16-19,28-36,38-40,74-75H2,1-4H3,(H2,76,93)(H,80,100)(H,81,103)(H,82,98)(H,83,101)(H,84,99)(H,85,96)(H,86,104)(H,87,105)(H,88,97)(H,89,102);4H,1-3H3;3H2,1-2H3;3*1H4/t41-,42-,49?,50+,51?,52+,53+,54?,55+,56+,57+,58+,60+,61+;;;;;/m1...../s1. The third-order valence-corrected chi connectivity index (χ3v) is 18.3. The van der Waals surface area contributed by atoms with Crippen molar-refractivity contribution in [3.63, 3.8) is 0 Å². The molecule has 0 aliphatic carbocycles. The molecule has 0 aliphatic heterocycles. The molecule has 5 aromatic rings. The van der Waals surface area contributed by atoms with Gasteiger partial charge in [0.15, 0.2) is 0 Å². The fraction of sp³-hybridized carbons (Fsp3) is 0.530. The predicted octanol–water partition coefficient (Wildman–Crippen LogP) is 1.33. The molecule has 5 rings (SSSR count). The average molecular weight is 1670 g/mol. The smallest absolute Gasteiger partial charge is 0.245 e. The van der Waals surface area contributed by atoms with Crippen LogP contribution in [0.4, 0.5) is 0 Å². The van der Waals surface area contributed by atoms with Gasteiger partial charge < -0.3 is 101 Å². The van der Waals surface area contributed by atoms with Gasteiger partial charge in [-0.3, -0.25) is 62.3 Å². The predicted molar refractivity (Wildman–Crippen MR) is 462 cm³/mol.